The Labute approximate surface area is 125 Å². The molecule has 1 aromatic carbocycles. The van der Waals surface area contributed by atoms with E-state index in [2.05, 4.69) is 24.1 Å². The van der Waals surface area contributed by atoms with E-state index in [0.29, 0.717) is 12.1 Å². The highest BCUT2D eigenvalue weighted by molar-refractivity contribution is 5.70. The highest BCUT2D eigenvalue weighted by Crippen LogP contribution is 2.28. The van der Waals surface area contributed by atoms with E-state index in [1.165, 1.54) is 19.2 Å². The van der Waals surface area contributed by atoms with Gasteiger partial charge in [0.1, 0.15) is 5.82 Å². The molecule has 0 amide bonds. The molecule has 1 aliphatic rings. The molecule has 1 N–H and O–H groups in total. The molecular formula is C16H23FN2O2. The summed E-state index contributed by atoms with van der Waals surface area (Å²) in [6, 6.07) is 6.97. The number of methoxy groups -OCH3 is 1. The van der Waals surface area contributed by atoms with E-state index in [-0.39, 0.29) is 24.2 Å². The van der Waals surface area contributed by atoms with Gasteiger partial charge in [-0.3, -0.25) is 9.69 Å². The van der Waals surface area contributed by atoms with E-state index >= 15 is 0 Å². The number of esters is 1. The normalized spacial score (nSPS) is 24.6. The predicted molar refractivity (Wildman–Crippen MR) is 79.4 cm³/mol. The summed E-state index contributed by atoms with van der Waals surface area (Å²) in [4.78, 5) is 14.1. The van der Waals surface area contributed by atoms with E-state index in [0.717, 1.165) is 18.7 Å². The number of carbonyl (C=O) groups excluding carboxylic acids is 1. The van der Waals surface area contributed by atoms with Crippen LogP contribution >= 0.6 is 0 Å². The van der Waals surface area contributed by atoms with E-state index in [9.17, 15) is 9.18 Å². The van der Waals surface area contributed by atoms with Crippen LogP contribution in [-0.4, -0.2) is 43.2 Å². The fourth-order valence-electron chi connectivity index (χ4n) is 2.84. The lowest BCUT2D eigenvalue weighted by Crippen LogP contribution is -2.55. The molecule has 1 aromatic rings. The second kappa shape index (κ2) is 7.00. The Morgan fingerprint density at radius 1 is 1.43 bits per heavy atom. The fourth-order valence-corrected chi connectivity index (χ4v) is 2.84. The first kappa shape index (κ1) is 15.9. The van der Waals surface area contributed by atoms with E-state index in [1.807, 2.05) is 0 Å². The van der Waals surface area contributed by atoms with E-state index in [4.69, 9.17) is 4.74 Å². The molecule has 1 saturated heterocycles. The number of carbonyl (C=O) groups is 1. The maximum Gasteiger partial charge on any atom is 0.307 e. The predicted octanol–water partition coefficient (Wildman–Crippen LogP) is 2.11. The van der Waals surface area contributed by atoms with Crippen LogP contribution in [0.2, 0.25) is 0 Å². The second-order valence-corrected chi connectivity index (χ2v) is 5.70. The maximum absolute atomic E-state index is 13.1. The zero-order valence-corrected chi connectivity index (χ0v) is 12.8. The van der Waals surface area contributed by atoms with Gasteiger partial charge in [0, 0.05) is 31.2 Å². The number of benzene rings is 1. The molecule has 0 radical (unpaired) electrons. The van der Waals surface area contributed by atoms with Crippen molar-refractivity contribution >= 4 is 5.97 Å². The molecule has 1 fully saturated rings. The molecule has 0 saturated carbocycles. The first-order valence-corrected chi connectivity index (χ1v) is 7.32. The molecule has 0 bridgehead atoms. The third kappa shape index (κ3) is 4.02. The van der Waals surface area contributed by atoms with Gasteiger partial charge in [0.05, 0.1) is 13.5 Å². The standard InChI is InChI=1S/C16H23FN2O2/c1-11-10-19(12(2)9-18-11)15(8-16(20)21-3)13-4-6-14(17)7-5-13/h4-7,11-12,15,18H,8-10H2,1-3H3/t11-,12+,15?/m0/s1. The summed E-state index contributed by atoms with van der Waals surface area (Å²) in [5.41, 5.74) is 0.947. The van der Waals surface area contributed by atoms with Crippen molar-refractivity contribution in [3.8, 4) is 0 Å². The largest absolute Gasteiger partial charge is 0.469 e. The molecule has 2 rings (SSSR count). The zero-order valence-electron chi connectivity index (χ0n) is 12.8. The number of piperazine rings is 1. The van der Waals surface area contributed by atoms with Gasteiger partial charge in [-0.25, -0.2) is 4.39 Å². The van der Waals surface area contributed by atoms with Gasteiger partial charge in [-0.1, -0.05) is 12.1 Å². The fraction of sp³-hybridized carbons (Fsp3) is 0.562. The van der Waals surface area contributed by atoms with Crippen LogP contribution in [0.25, 0.3) is 0 Å². The molecule has 0 aliphatic carbocycles. The lowest BCUT2D eigenvalue weighted by atomic mass is 9.98. The molecule has 1 unspecified atom stereocenters. The minimum atomic E-state index is -0.266. The first-order valence-electron chi connectivity index (χ1n) is 7.32. The minimum absolute atomic E-state index is 0.0856. The number of hydrogen-bond donors (Lipinski definition) is 1. The van der Waals surface area contributed by atoms with Crippen molar-refractivity contribution in [2.24, 2.45) is 0 Å². The highest BCUT2D eigenvalue weighted by atomic mass is 19.1. The summed E-state index contributed by atoms with van der Waals surface area (Å²) < 4.78 is 18.0. The Morgan fingerprint density at radius 2 is 2.10 bits per heavy atom. The summed E-state index contributed by atoms with van der Waals surface area (Å²) in [6.45, 7) is 5.98. The summed E-state index contributed by atoms with van der Waals surface area (Å²) in [7, 11) is 1.40. The van der Waals surface area contributed by atoms with Crippen LogP contribution in [0.3, 0.4) is 0 Å². The van der Waals surface area contributed by atoms with Crippen molar-refractivity contribution < 1.29 is 13.9 Å². The smallest absolute Gasteiger partial charge is 0.307 e. The average molecular weight is 294 g/mol. The molecule has 116 valence electrons. The van der Waals surface area contributed by atoms with Crippen molar-refractivity contribution in [3.05, 3.63) is 35.6 Å². The third-order valence-electron chi connectivity index (χ3n) is 4.06. The quantitative estimate of drug-likeness (QED) is 0.864. The number of rotatable bonds is 4. The van der Waals surface area contributed by atoms with Crippen LogP contribution in [0, 0.1) is 5.82 Å². The van der Waals surface area contributed by atoms with Crippen LogP contribution in [-0.2, 0) is 9.53 Å². The Kier molecular flexibility index (Phi) is 5.31. The Hall–Kier alpha value is -1.46. The van der Waals surface area contributed by atoms with Gasteiger partial charge in [-0.15, -0.1) is 0 Å². The van der Waals surface area contributed by atoms with Crippen molar-refractivity contribution in [2.45, 2.75) is 38.4 Å². The van der Waals surface area contributed by atoms with Gasteiger partial charge in [0.25, 0.3) is 0 Å². The van der Waals surface area contributed by atoms with Crippen LogP contribution in [0.15, 0.2) is 24.3 Å². The first-order chi connectivity index (χ1) is 10.0. The summed E-state index contributed by atoms with van der Waals surface area (Å²) in [5, 5.41) is 3.43. The van der Waals surface area contributed by atoms with Gasteiger partial charge in [-0.05, 0) is 31.5 Å². The molecule has 0 aromatic heterocycles. The third-order valence-corrected chi connectivity index (χ3v) is 4.06. The van der Waals surface area contributed by atoms with Crippen LogP contribution in [0.5, 0.6) is 0 Å². The lowest BCUT2D eigenvalue weighted by Gasteiger charge is -2.42. The van der Waals surface area contributed by atoms with Crippen molar-refractivity contribution in [3.63, 3.8) is 0 Å². The molecule has 1 heterocycles. The molecule has 0 spiro atoms. The maximum atomic E-state index is 13.1. The Bertz CT molecular complexity index is 478. The number of ether oxygens (including phenoxy) is 1. The van der Waals surface area contributed by atoms with Crippen LogP contribution < -0.4 is 5.32 Å². The summed E-state index contributed by atoms with van der Waals surface area (Å²) in [5.74, 6) is -0.514. The number of nitrogens with zero attached hydrogens (tertiary/aromatic N) is 1. The average Bonchev–Trinajstić information content (AvgIpc) is 2.48. The molecule has 1 aliphatic heterocycles. The summed E-state index contributed by atoms with van der Waals surface area (Å²) >= 11 is 0. The molecular weight excluding hydrogens is 271 g/mol. The van der Waals surface area contributed by atoms with E-state index in [1.54, 1.807) is 12.1 Å². The monoisotopic (exact) mass is 294 g/mol. The molecule has 5 heteroatoms. The number of nitrogens with one attached hydrogen (secondary N) is 1. The van der Waals surface area contributed by atoms with Gasteiger partial charge in [0.2, 0.25) is 0 Å². The van der Waals surface area contributed by atoms with Gasteiger partial charge >= 0.3 is 5.97 Å². The van der Waals surface area contributed by atoms with Gasteiger partial charge < -0.3 is 10.1 Å². The molecule has 3 atom stereocenters. The second-order valence-electron chi connectivity index (χ2n) is 5.70. The van der Waals surface area contributed by atoms with Crippen LogP contribution in [0.1, 0.15) is 31.9 Å². The summed E-state index contributed by atoms with van der Waals surface area (Å²) in [6.07, 6.45) is 0.277. The molecule has 21 heavy (non-hydrogen) atoms. The lowest BCUT2D eigenvalue weighted by molar-refractivity contribution is -0.142. The SMILES string of the molecule is COC(=O)CC(c1ccc(F)cc1)N1C[C@H](C)NC[C@H]1C. The number of hydrogen-bond acceptors (Lipinski definition) is 4. The highest BCUT2D eigenvalue weighted by Gasteiger charge is 2.31. The topological polar surface area (TPSA) is 41.6 Å². The van der Waals surface area contributed by atoms with Crippen molar-refractivity contribution in [1.82, 2.24) is 10.2 Å². The molecule has 4 nitrogen and oxygen atoms in total. The Balaban J connectivity index is 2.26. The van der Waals surface area contributed by atoms with Crippen molar-refractivity contribution in [2.75, 3.05) is 20.2 Å². The van der Waals surface area contributed by atoms with E-state index < -0.39 is 0 Å². The zero-order chi connectivity index (χ0) is 15.4. The number of halogens is 1. The Morgan fingerprint density at radius 3 is 2.71 bits per heavy atom. The minimum Gasteiger partial charge on any atom is -0.469 e. The van der Waals surface area contributed by atoms with Gasteiger partial charge in [-0.2, -0.15) is 0 Å². The van der Waals surface area contributed by atoms with Gasteiger partial charge in [0.15, 0.2) is 0 Å². The van der Waals surface area contributed by atoms with Crippen LogP contribution in [0.4, 0.5) is 4.39 Å². The van der Waals surface area contributed by atoms with Crippen molar-refractivity contribution in [1.29, 1.82) is 0 Å².